The smallest absolute Gasteiger partial charge is 0.475 e. The minimum absolute atomic E-state index is 0.0125. The van der Waals surface area contributed by atoms with Crippen molar-refractivity contribution in [2.24, 2.45) is 5.41 Å². The lowest BCUT2D eigenvalue weighted by atomic mass is 9.96. The average molecular weight is 651 g/mol. The lowest BCUT2D eigenvalue weighted by molar-refractivity contribution is -0.117. The molecular formula is C24H36ClN6O9PS. The first kappa shape index (κ1) is 32.7. The fourth-order valence-corrected chi connectivity index (χ4v) is 7.14. The highest BCUT2D eigenvalue weighted by Crippen LogP contribution is 2.60. The number of alkyl halides is 1. The Morgan fingerprint density at radius 3 is 2.81 bits per heavy atom. The fourth-order valence-electron chi connectivity index (χ4n) is 4.33. The van der Waals surface area contributed by atoms with Crippen LogP contribution in [0, 0.1) is 5.41 Å². The summed E-state index contributed by atoms with van der Waals surface area (Å²) in [6.45, 7) is 10.6. The molecule has 234 valence electrons. The number of phosphoric acid groups is 1. The predicted molar refractivity (Wildman–Crippen MR) is 154 cm³/mol. The van der Waals surface area contributed by atoms with Gasteiger partial charge in [0, 0.05) is 12.3 Å². The lowest BCUT2D eigenvalue weighted by Gasteiger charge is -2.34. The lowest BCUT2D eigenvalue weighted by Crippen LogP contribution is -2.44. The van der Waals surface area contributed by atoms with Crippen molar-refractivity contribution in [3.05, 3.63) is 6.33 Å². The standard InChI is InChI=1S/C24H36ClN6O9PS/c1-7-35-18-15-17(29-21(26)30-18)31(12-28-15)19-24(6,25)16-14(39-19)10-37-41(34,40-16)36-8-9-42-20(32)23(4,5)11-27-22(33)38-13(2)3/h12-14,16,19H,7-11H2,1-6H3,(H,27,33)(H2,26,29,30)/t14-,16-,19-,24-,41-/m1/s1. The van der Waals surface area contributed by atoms with E-state index in [-0.39, 0.29) is 48.6 Å². The zero-order chi connectivity index (χ0) is 30.9. The Kier molecular flexibility index (Phi) is 9.97. The van der Waals surface area contributed by atoms with Crippen molar-refractivity contribution in [3.8, 4) is 5.88 Å². The zero-order valence-electron chi connectivity index (χ0n) is 24.2. The van der Waals surface area contributed by atoms with Gasteiger partial charge in [-0.2, -0.15) is 9.97 Å². The number of anilines is 1. The number of alkyl carbamates (subject to hydrolysis) is 1. The molecule has 0 unspecified atom stereocenters. The van der Waals surface area contributed by atoms with E-state index < -0.39 is 42.6 Å². The first-order valence-electron chi connectivity index (χ1n) is 13.3. The van der Waals surface area contributed by atoms with Crippen LogP contribution in [0.25, 0.3) is 11.2 Å². The number of hydrogen-bond acceptors (Lipinski definition) is 14. The number of imidazole rings is 1. The Labute approximate surface area is 252 Å². The van der Waals surface area contributed by atoms with Crippen LogP contribution in [-0.4, -0.2) is 86.0 Å². The summed E-state index contributed by atoms with van der Waals surface area (Å²) in [5.41, 5.74) is 5.74. The van der Waals surface area contributed by atoms with Crippen molar-refractivity contribution >= 4 is 59.5 Å². The number of thioether (sulfide) groups is 1. The zero-order valence-corrected chi connectivity index (χ0v) is 26.7. The molecule has 0 aliphatic carbocycles. The number of hydrogen-bond donors (Lipinski definition) is 2. The Morgan fingerprint density at radius 1 is 1.38 bits per heavy atom. The van der Waals surface area contributed by atoms with Crippen LogP contribution in [0.2, 0.25) is 0 Å². The van der Waals surface area contributed by atoms with Gasteiger partial charge in [0.1, 0.15) is 17.1 Å². The van der Waals surface area contributed by atoms with Crippen LogP contribution < -0.4 is 15.8 Å². The normalized spacial score (nSPS) is 27.7. The molecule has 4 heterocycles. The van der Waals surface area contributed by atoms with Gasteiger partial charge < -0.3 is 25.3 Å². The molecule has 2 aromatic rings. The van der Waals surface area contributed by atoms with Crippen LogP contribution in [0.15, 0.2) is 6.33 Å². The van der Waals surface area contributed by atoms with E-state index in [1.165, 1.54) is 6.33 Å². The molecule has 2 aliphatic rings. The Bertz CT molecular complexity index is 1360. The number of nitrogen functional groups attached to an aromatic ring is 1. The summed E-state index contributed by atoms with van der Waals surface area (Å²) in [6, 6.07) is 0. The second kappa shape index (κ2) is 12.8. The monoisotopic (exact) mass is 650 g/mol. The molecule has 0 aromatic carbocycles. The first-order valence-corrected chi connectivity index (χ1v) is 16.2. The van der Waals surface area contributed by atoms with Crippen LogP contribution in [-0.2, 0) is 32.4 Å². The van der Waals surface area contributed by atoms with Crippen molar-refractivity contribution in [1.82, 2.24) is 24.8 Å². The number of nitrogens with one attached hydrogen (secondary N) is 1. The van der Waals surface area contributed by atoms with Gasteiger partial charge in [-0.3, -0.25) is 22.9 Å². The summed E-state index contributed by atoms with van der Waals surface area (Å²) in [4.78, 5) is 35.9. The Balaban J connectivity index is 1.35. The molecule has 42 heavy (non-hydrogen) atoms. The van der Waals surface area contributed by atoms with E-state index in [0.717, 1.165) is 11.8 Å². The van der Waals surface area contributed by atoms with Gasteiger partial charge in [-0.25, -0.2) is 14.3 Å². The summed E-state index contributed by atoms with van der Waals surface area (Å²) < 4.78 is 48.4. The molecule has 15 nitrogen and oxygen atoms in total. The summed E-state index contributed by atoms with van der Waals surface area (Å²) in [5, 5.41) is 2.40. The van der Waals surface area contributed by atoms with Crippen LogP contribution in [0.1, 0.15) is 47.8 Å². The van der Waals surface area contributed by atoms with Crippen molar-refractivity contribution in [3.63, 3.8) is 0 Å². The molecule has 0 saturated carbocycles. The highest BCUT2D eigenvalue weighted by Gasteiger charge is 2.60. The number of aromatic nitrogens is 4. The molecule has 4 rings (SSSR count). The van der Waals surface area contributed by atoms with Crippen LogP contribution in [0.5, 0.6) is 5.88 Å². The number of nitrogens with zero attached hydrogens (tertiary/aromatic N) is 4. The van der Waals surface area contributed by atoms with E-state index in [9.17, 15) is 14.2 Å². The second-order valence-electron chi connectivity index (χ2n) is 10.8. The Morgan fingerprint density at radius 2 is 2.12 bits per heavy atom. The Hall–Kier alpha value is -2.20. The highest BCUT2D eigenvalue weighted by molar-refractivity contribution is 8.13. The van der Waals surface area contributed by atoms with Crippen LogP contribution in [0.3, 0.4) is 0 Å². The number of carbonyl (C=O) groups excluding carboxylic acids is 2. The highest BCUT2D eigenvalue weighted by atomic mass is 35.5. The van der Waals surface area contributed by atoms with E-state index in [4.69, 9.17) is 45.1 Å². The van der Waals surface area contributed by atoms with Gasteiger partial charge in [-0.05, 0) is 27.7 Å². The van der Waals surface area contributed by atoms with Gasteiger partial charge >= 0.3 is 13.9 Å². The van der Waals surface area contributed by atoms with E-state index >= 15 is 0 Å². The maximum absolute atomic E-state index is 13.3. The minimum atomic E-state index is -4.03. The maximum Gasteiger partial charge on any atom is 0.475 e. The third-order valence-electron chi connectivity index (χ3n) is 6.40. The topological polar surface area (TPSA) is 188 Å². The van der Waals surface area contributed by atoms with Crippen LogP contribution in [0.4, 0.5) is 10.7 Å². The predicted octanol–water partition coefficient (Wildman–Crippen LogP) is 3.66. The molecule has 2 aliphatic heterocycles. The van der Waals surface area contributed by atoms with Crippen molar-refractivity contribution in [2.45, 2.75) is 71.0 Å². The van der Waals surface area contributed by atoms with E-state index in [0.29, 0.717) is 17.8 Å². The third kappa shape index (κ3) is 7.12. The van der Waals surface area contributed by atoms with Gasteiger partial charge in [0.25, 0.3) is 0 Å². The summed E-state index contributed by atoms with van der Waals surface area (Å²) in [7, 11) is -4.03. The SMILES string of the molecule is CCOc1nc(N)nc2c1ncn2[C@@H]1O[C@@H]2CO[P@@](=O)(OCCSC(=O)C(C)(C)CNC(=O)OC(C)C)O[C@H]2[C@@]1(C)Cl. The van der Waals surface area contributed by atoms with Gasteiger partial charge in [-0.15, -0.1) is 11.6 Å². The fraction of sp³-hybridized carbons (Fsp3) is 0.708. The van der Waals surface area contributed by atoms with E-state index in [2.05, 4.69) is 20.3 Å². The molecule has 0 radical (unpaired) electrons. The number of nitrogens with two attached hydrogens (primary N) is 1. The molecule has 3 N–H and O–H groups in total. The molecule has 2 aromatic heterocycles. The van der Waals surface area contributed by atoms with E-state index in [1.807, 2.05) is 6.92 Å². The minimum Gasteiger partial charge on any atom is -0.476 e. The molecule has 2 saturated heterocycles. The molecule has 0 bridgehead atoms. The molecule has 18 heteroatoms. The van der Waals surface area contributed by atoms with Crippen LogP contribution >= 0.6 is 31.2 Å². The van der Waals surface area contributed by atoms with Gasteiger partial charge in [0.05, 0.1) is 37.7 Å². The summed E-state index contributed by atoms with van der Waals surface area (Å²) in [5.74, 6) is 0.388. The molecular weight excluding hydrogens is 615 g/mol. The number of carbonyl (C=O) groups is 2. The van der Waals surface area contributed by atoms with Crippen molar-refractivity contribution < 1.29 is 41.9 Å². The van der Waals surface area contributed by atoms with Crippen molar-refractivity contribution in [1.29, 1.82) is 0 Å². The van der Waals surface area contributed by atoms with Gasteiger partial charge in [0.15, 0.2) is 22.5 Å². The molecule has 0 spiro atoms. The largest absolute Gasteiger partial charge is 0.476 e. The number of ether oxygens (including phenoxy) is 3. The molecule has 5 atom stereocenters. The van der Waals surface area contributed by atoms with E-state index in [1.54, 1.807) is 39.2 Å². The van der Waals surface area contributed by atoms with Gasteiger partial charge in [0.2, 0.25) is 11.8 Å². The average Bonchev–Trinajstić information content (AvgIpc) is 3.42. The molecule has 2 fully saturated rings. The first-order chi connectivity index (χ1) is 19.7. The summed E-state index contributed by atoms with van der Waals surface area (Å²) >= 11 is 7.95. The number of amides is 1. The number of phosphoric ester groups is 1. The third-order valence-corrected chi connectivity index (χ3v) is 9.43. The van der Waals surface area contributed by atoms with Crippen molar-refractivity contribution in [2.75, 3.05) is 37.9 Å². The summed E-state index contributed by atoms with van der Waals surface area (Å²) in [6.07, 6.45) is -1.78. The molecule has 1 amide bonds. The maximum atomic E-state index is 13.3. The second-order valence-corrected chi connectivity index (χ2v) is 14.3. The number of rotatable bonds is 11. The quantitative estimate of drug-likeness (QED) is 0.204. The van der Waals surface area contributed by atoms with Gasteiger partial charge in [-0.1, -0.05) is 25.6 Å². The number of fused-ring (bicyclic) bond motifs is 2. The number of halogens is 1.